The van der Waals surface area contributed by atoms with Gasteiger partial charge in [0.1, 0.15) is 28.7 Å². The van der Waals surface area contributed by atoms with Crippen molar-refractivity contribution in [3.05, 3.63) is 51.3 Å². The van der Waals surface area contributed by atoms with E-state index in [9.17, 15) is 13.6 Å². The lowest BCUT2D eigenvalue weighted by molar-refractivity contribution is 0.0772. The van der Waals surface area contributed by atoms with Crippen LogP contribution < -0.4 is 0 Å². The summed E-state index contributed by atoms with van der Waals surface area (Å²) in [5.41, 5.74) is -0.0767. The molecule has 0 fully saturated rings. The molecule has 1 heterocycles. The Labute approximate surface area is 122 Å². The number of halogens is 3. The van der Waals surface area contributed by atoms with Crippen LogP contribution in [0.25, 0.3) is 0 Å². The molecule has 7 heteroatoms. The zero-order valence-corrected chi connectivity index (χ0v) is 12.4. The molecule has 1 amide bonds. The fraction of sp³-hybridized carbons (Fsp3) is 0.231. The third-order valence-corrected chi connectivity index (χ3v) is 3.10. The number of amides is 1. The van der Waals surface area contributed by atoms with E-state index in [2.05, 4.69) is 21.1 Å². The molecule has 0 spiro atoms. The van der Waals surface area contributed by atoms with Gasteiger partial charge in [-0.25, -0.2) is 8.78 Å². The smallest absolute Gasteiger partial charge is 0.259 e. The number of nitrogens with zero attached hydrogens (tertiary/aromatic N) is 2. The average Bonchev–Trinajstić information content (AvgIpc) is 2.73. The number of aryl methyl sites for hydroxylation is 1. The number of carbonyl (C=O) groups excluding carboxylic acids is 1. The van der Waals surface area contributed by atoms with Crippen molar-refractivity contribution in [3.63, 3.8) is 0 Å². The van der Waals surface area contributed by atoms with Crippen LogP contribution in [0, 0.1) is 18.6 Å². The molecule has 0 N–H and O–H groups in total. The molecule has 2 aromatic rings. The van der Waals surface area contributed by atoms with Gasteiger partial charge in [-0.3, -0.25) is 4.79 Å². The van der Waals surface area contributed by atoms with Crippen molar-refractivity contribution in [1.29, 1.82) is 0 Å². The molecule has 106 valence electrons. The summed E-state index contributed by atoms with van der Waals surface area (Å²) in [4.78, 5) is 13.3. The predicted octanol–water partition coefficient (Wildman–Crippen LogP) is 3.30. The van der Waals surface area contributed by atoms with Crippen LogP contribution >= 0.6 is 15.9 Å². The summed E-state index contributed by atoms with van der Waals surface area (Å²) >= 11 is 2.96. The summed E-state index contributed by atoms with van der Waals surface area (Å²) in [6, 6.07) is 3.74. The van der Waals surface area contributed by atoms with Crippen LogP contribution in [0.1, 0.15) is 21.8 Å². The van der Waals surface area contributed by atoms with Gasteiger partial charge in [-0.05, 0) is 19.1 Å². The monoisotopic (exact) mass is 344 g/mol. The minimum atomic E-state index is -0.912. The van der Waals surface area contributed by atoms with Crippen molar-refractivity contribution in [2.75, 3.05) is 7.05 Å². The van der Waals surface area contributed by atoms with Crippen molar-refractivity contribution in [1.82, 2.24) is 10.1 Å². The molecule has 4 nitrogen and oxygen atoms in total. The van der Waals surface area contributed by atoms with Crippen LogP contribution in [-0.2, 0) is 6.54 Å². The van der Waals surface area contributed by atoms with E-state index >= 15 is 0 Å². The minimum Gasteiger partial charge on any atom is -0.361 e. The van der Waals surface area contributed by atoms with Crippen molar-refractivity contribution in [3.8, 4) is 0 Å². The molecule has 2 rings (SSSR count). The highest BCUT2D eigenvalue weighted by atomic mass is 79.9. The Hall–Kier alpha value is -1.76. The molecule has 0 aliphatic rings. The molecule has 0 unspecified atom stereocenters. The van der Waals surface area contributed by atoms with Crippen molar-refractivity contribution in [2.24, 2.45) is 0 Å². The third kappa shape index (κ3) is 3.04. The molecular weight excluding hydrogens is 334 g/mol. The maximum Gasteiger partial charge on any atom is 0.259 e. The standard InChI is InChI=1S/C13H11BrF2N2O2/c1-7-3-9(17-20-7)6-18(2)13(19)12-10(15)4-8(14)5-11(12)16/h3-5H,6H2,1-2H3. The van der Waals surface area contributed by atoms with Gasteiger partial charge in [-0.15, -0.1) is 0 Å². The van der Waals surface area contributed by atoms with Gasteiger partial charge < -0.3 is 9.42 Å². The first-order chi connectivity index (χ1) is 9.38. The topological polar surface area (TPSA) is 46.3 Å². The van der Waals surface area contributed by atoms with Gasteiger partial charge in [0.05, 0.1) is 6.54 Å². The molecule has 0 bridgehead atoms. The SMILES string of the molecule is Cc1cc(CN(C)C(=O)c2c(F)cc(Br)cc2F)no1. The van der Waals surface area contributed by atoms with Crippen LogP contribution in [-0.4, -0.2) is 23.0 Å². The molecule has 0 saturated carbocycles. The lowest BCUT2D eigenvalue weighted by atomic mass is 10.1. The van der Waals surface area contributed by atoms with Crippen molar-refractivity contribution in [2.45, 2.75) is 13.5 Å². The zero-order chi connectivity index (χ0) is 14.9. The van der Waals surface area contributed by atoms with E-state index in [4.69, 9.17) is 4.52 Å². The lowest BCUT2D eigenvalue weighted by Crippen LogP contribution is -2.28. The fourth-order valence-electron chi connectivity index (χ4n) is 1.74. The Balaban J connectivity index is 2.23. The summed E-state index contributed by atoms with van der Waals surface area (Å²) in [6.45, 7) is 1.82. The van der Waals surface area contributed by atoms with E-state index in [-0.39, 0.29) is 11.0 Å². The van der Waals surface area contributed by atoms with E-state index in [1.165, 1.54) is 11.9 Å². The molecule has 0 aliphatic heterocycles. The predicted molar refractivity (Wildman–Crippen MR) is 71.1 cm³/mol. The highest BCUT2D eigenvalue weighted by molar-refractivity contribution is 9.10. The second-order valence-electron chi connectivity index (χ2n) is 4.33. The zero-order valence-electron chi connectivity index (χ0n) is 10.8. The van der Waals surface area contributed by atoms with Crippen LogP contribution in [0.15, 0.2) is 27.2 Å². The van der Waals surface area contributed by atoms with Gasteiger partial charge in [0, 0.05) is 17.6 Å². The second kappa shape index (κ2) is 5.70. The number of hydrogen-bond acceptors (Lipinski definition) is 3. The average molecular weight is 345 g/mol. The molecule has 0 saturated heterocycles. The summed E-state index contributed by atoms with van der Waals surface area (Å²) in [6.07, 6.45) is 0. The number of carbonyl (C=O) groups is 1. The van der Waals surface area contributed by atoms with E-state index in [0.717, 1.165) is 12.1 Å². The Morgan fingerprint density at radius 1 is 1.35 bits per heavy atom. The van der Waals surface area contributed by atoms with E-state index in [1.54, 1.807) is 13.0 Å². The van der Waals surface area contributed by atoms with E-state index in [0.29, 0.717) is 11.5 Å². The largest absolute Gasteiger partial charge is 0.361 e. The highest BCUT2D eigenvalue weighted by Crippen LogP contribution is 2.21. The van der Waals surface area contributed by atoms with Gasteiger partial charge >= 0.3 is 0 Å². The Kier molecular flexibility index (Phi) is 4.17. The number of benzene rings is 1. The maximum atomic E-state index is 13.7. The Morgan fingerprint density at radius 2 is 1.95 bits per heavy atom. The number of aromatic nitrogens is 1. The fourth-order valence-corrected chi connectivity index (χ4v) is 2.15. The number of hydrogen-bond donors (Lipinski definition) is 0. The summed E-state index contributed by atoms with van der Waals surface area (Å²) in [5.74, 6) is -1.98. The van der Waals surface area contributed by atoms with Crippen LogP contribution in [0.3, 0.4) is 0 Å². The quantitative estimate of drug-likeness (QED) is 0.858. The maximum absolute atomic E-state index is 13.7. The first-order valence-corrected chi connectivity index (χ1v) is 6.50. The van der Waals surface area contributed by atoms with Crippen LogP contribution in [0.2, 0.25) is 0 Å². The minimum absolute atomic E-state index is 0.102. The summed E-state index contributed by atoms with van der Waals surface area (Å²) < 4.78 is 32.5. The Bertz CT molecular complexity index is 635. The third-order valence-electron chi connectivity index (χ3n) is 2.64. The first-order valence-electron chi connectivity index (χ1n) is 5.70. The summed E-state index contributed by atoms with van der Waals surface area (Å²) in [7, 11) is 1.44. The Morgan fingerprint density at radius 3 is 2.45 bits per heavy atom. The molecule has 0 aliphatic carbocycles. The van der Waals surface area contributed by atoms with Gasteiger partial charge in [0.2, 0.25) is 0 Å². The second-order valence-corrected chi connectivity index (χ2v) is 5.25. The number of rotatable bonds is 3. The lowest BCUT2D eigenvalue weighted by Gasteiger charge is -2.16. The van der Waals surface area contributed by atoms with Crippen LogP contribution in [0.4, 0.5) is 8.78 Å². The molecule has 1 aromatic heterocycles. The molecule has 0 radical (unpaired) electrons. The summed E-state index contributed by atoms with van der Waals surface area (Å²) in [5, 5.41) is 3.73. The molecule has 1 aromatic carbocycles. The van der Waals surface area contributed by atoms with Gasteiger partial charge in [-0.2, -0.15) is 0 Å². The van der Waals surface area contributed by atoms with E-state index < -0.39 is 23.1 Å². The van der Waals surface area contributed by atoms with Crippen molar-refractivity contribution >= 4 is 21.8 Å². The molecule has 0 atom stereocenters. The van der Waals surface area contributed by atoms with E-state index in [1.807, 2.05) is 0 Å². The van der Waals surface area contributed by atoms with Crippen LogP contribution in [0.5, 0.6) is 0 Å². The molecule has 20 heavy (non-hydrogen) atoms. The normalized spacial score (nSPS) is 10.7. The van der Waals surface area contributed by atoms with Gasteiger partial charge in [0.15, 0.2) is 0 Å². The van der Waals surface area contributed by atoms with Gasteiger partial charge in [-0.1, -0.05) is 21.1 Å². The first kappa shape index (κ1) is 14.6. The molecular formula is C13H11BrF2N2O2. The van der Waals surface area contributed by atoms with Gasteiger partial charge in [0.25, 0.3) is 5.91 Å². The highest BCUT2D eigenvalue weighted by Gasteiger charge is 2.22. The van der Waals surface area contributed by atoms with Crippen molar-refractivity contribution < 1.29 is 18.1 Å².